The molecule has 0 aromatic heterocycles. The fourth-order valence-electron chi connectivity index (χ4n) is 3.48. The molecule has 2 saturated heterocycles. The van der Waals surface area contributed by atoms with Crippen molar-refractivity contribution in [2.45, 2.75) is 13.0 Å². The molecule has 0 aliphatic carbocycles. The van der Waals surface area contributed by atoms with Crippen LogP contribution in [0.25, 0.3) is 0 Å². The van der Waals surface area contributed by atoms with E-state index in [1.807, 2.05) is 18.2 Å². The zero-order chi connectivity index (χ0) is 18.4. The molecule has 0 saturated carbocycles. The number of hydrogen-bond donors (Lipinski definition) is 2. The first-order valence-electron chi connectivity index (χ1n) is 9.53. The van der Waals surface area contributed by atoms with Crippen molar-refractivity contribution in [2.24, 2.45) is 4.99 Å². The van der Waals surface area contributed by atoms with Crippen LogP contribution in [0.5, 0.6) is 5.75 Å². The number of anilines is 1. The number of morpholine rings is 1. The summed E-state index contributed by atoms with van der Waals surface area (Å²) in [5, 5.41) is 13.5. The van der Waals surface area contributed by atoms with E-state index in [2.05, 4.69) is 34.0 Å². The Morgan fingerprint density at radius 2 is 2.00 bits per heavy atom. The average molecular weight is 361 g/mol. The van der Waals surface area contributed by atoms with Crippen molar-refractivity contribution in [2.75, 3.05) is 70.9 Å². The highest BCUT2D eigenvalue weighted by Crippen LogP contribution is 2.27. The SMILES string of the molecule is CCNC(=NCC1CN(C)CCO1)N1CCN(c2ccccc2O)CC1. The van der Waals surface area contributed by atoms with E-state index < -0.39 is 0 Å². The van der Waals surface area contributed by atoms with Gasteiger partial charge >= 0.3 is 0 Å². The fraction of sp³-hybridized carbons (Fsp3) is 0.632. The summed E-state index contributed by atoms with van der Waals surface area (Å²) in [6.45, 7) is 9.84. The van der Waals surface area contributed by atoms with Crippen LogP contribution in [0, 0.1) is 0 Å². The van der Waals surface area contributed by atoms with Gasteiger partial charge in [0, 0.05) is 45.8 Å². The number of phenols is 1. The molecule has 2 heterocycles. The minimum atomic E-state index is 0.171. The van der Waals surface area contributed by atoms with Gasteiger partial charge in [0.25, 0.3) is 0 Å². The molecule has 2 N–H and O–H groups in total. The number of phenolic OH excluding ortho intramolecular Hbond substituents is 1. The molecular weight excluding hydrogens is 330 g/mol. The van der Waals surface area contributed by atoms with E-state index in [0.29, 0.717) is 12.3 Å². The molecule has 0 amide bonds. The number of aliphatic imine (C=N–C) groups is 1. The van der Waals surface area contributed by atoms with Gasteiger partial charge in [0.15, 0.2) is 5.96 Å². The number of piperazine rings is 1. The van der Waals surface area contributed by atoms with Crippen LogP contribution in [0.2, 0.25) is 0 Å². The van der Waals surface area contributed by atoms with Crippen molar-refractivity contribution in [3.05, 3.63) is 24.3 Å². The Labute approximate surface area is 156 Å². The summed E-state index contributed by atoms with van der Waals surface area (Å²) < 4.78 is 5.82. The summed E-state index contributed by atoms with van der Waals surface area (Å²) in [6, 6.07) is 7.54. The van der Waals surface area contributed by atoms with E-state index in [1.165, 1.54) is 0 Å². The smallest absolute Gasteiger partial charge is 0.194 e. The van der Waals surface area contributed by atoms with Crippen LogP contribution in [0.1, 0.15) is 6.92 Å². The Morgan fingerprint density at radius 3 is 2.69 bits per heavy atom. The Kier molecular flexibility index (Phi) is 6.57. The van der Waals surface area contributed by atoms with Gasteiger partial charge in [-0.2, -0.15) is 0 Å². The van der Waals surface area contributed by atoms with E-state index in [9.17, 15) is 5.11 Å². The van der Waals surface area contributed by atoms with Gasteiger partial charge in [0.2, 0.25) is 0 Å². The van der Waals surface area contributed by atoms with Crippen LogP contribution in [0.4, 0.5) is 5.69 Å². The predicted octanol–water partition coefficient (Wildman–Crippen LogP) is 0.810. The number of aromatic hydroxyl groups is 1. The zero-order valence-electron chi connectivity index (χ0n) is 15.9. The number of hydrogen-bond acceptors (Lipinski definition) is 5. The van der Waals surface area contributed by atoms with Crippen molar-refractivity contribution >= 4 is 11.6 Å². The van der Waals surface area contributed by atoms with E-state index in [4.69, 9.17) is 9.73 Å². The van der Waals surface area contributed by atoms with Crippen LogP contribution < -0.4 is 10.2 Å². The third kappa shape index (κ3) is 4.80. The lowest BCUT2D eigenvalue weighted by molar-refractivity contribution is -0.0137. The molecular formula is C19H31N5O2. The maximum Gasteiger partial charge on any atom is 0.194 e. The first-order chi connectivity index (χ1) is 12.7. The van der Waals surface area contributed by atoms with Crippen LogP contribution in [0.3, 0.4) is 0 Å². The van der Waals surface area contributed by atoms with Gasteiger partial charge in [-0.15, -0.1) is 0 Å². The Morgan fingerprint density at radius 1 is 1.23 bits per heavy atom. The number of ether oxygens (including phenoxy) is 1. The Hall–Kier alpha value is -1.99. The van der Waals surface area contributed by atoms with Crippen molar-refractivity contribution in [1.29, 1.82) is 0 Å². The summed E-state index contributed by atoms with van der Waals surface area (Å²) in [5.41, 5.74) is 0.910. The maximum atomic E-state index is 10.1. The average Bonchev–Trinajstić information content (AvgIpc) is 2.66. The molecule has 2 aliphatic heterocycles. The third-order valence-corrected chi connectivity index (χ3v) is 4.92. The minimum Gasteiger partial charge on any atom is -0.506 e. The zero-order valence-corrected chi connectivity index (χ0v) is 15.9. The summed E-state index contributed by atoms with van der Waals surface area (Å²) in [5.74, 6) is 1.31. The summed E-state index contributed by atoms with van der Waals surface area (Å²) in [7, 11) is 2.13. The van der Waals surface area contributed by atoms with E-state index >= 15 is 0 Å². The van der Waals surface area contributed by atoms with Crippen LogP contribution >= 0.6 is 0 Å². The van der Waals surface area contributed by atoms with Gasteiger partial charge in [-0.05, 0) is 26.1 Å². The first-order valence-corrected chi connectivity index (χ1v) is 9.53. The number of rotatable bonds is 4. The molecule has 3 rings (SSSR count). The molecule has 2 fully saturated rings. The highest BCUT2D eigenvalue weighted by atomic mass is 16.5. The van der Waals surface area contributed by atoms with Crippen molar-refractivity contribution in [1.82, 2.24) is 15.1 Å². The summed E-state index contributed by atoms with van der Waals surface area (Å²) >= 11 is 0. The highest BCUT2D eigenvalue weighted by molar-refractivity contribution is 5.80. The molecule has 0 radical (unpaired) electrons. The van der Waals surface area contributed by atoms with E-state index in [1.54, 1.807) is 6.07 Å². The second-order valence-corrected chi connectivity index (χ2v) is 6.91. The summed E-state index contributed by atoms with van der Waals surface area (Å²) in [6.07, 6.45) is 0.171. The number of nitrogens with zero attached hydrogens (tertiary/aromatic N) is 4. The molecule has 0 spiro atoms. The Balaban J connectivity index is 1.57. The largest absolute Gasteiger partial charge is 0.506 e. The number of likely N-dealkylation sites (N-methyl/N-ethyl adjacent to an activating group) is 1. The van der Waals surface area contributed by atoms with Crippen LogP contribution in [-0.4, -0.2) is 93.0 Å². The van der Waals surface area contributed by atoms with Gasteiger partial charge in [-0.3, -0.25) is 4.99 Å². The molecule has 0 bridgehead atoms. The van der Waals surface area contributed by atoms with Gasteiger partial charge < -0.3 is 29.9 Å². The molecule has 26 heavy (non-hydrogen) atoms. The van der Waals surface area contributed by atoms with Crippen LogP contribution in [0.15, 0.2) is 29.3 Å². The predicted molar refractivity (Wildman–Crippen MR) is 105 cm³/mol. The lowest BCUT2D eigenvalue weighted by Crippen LogP contribution is -2.53. The molecule has 7 heteroatoms. The number of benzene rings is 1. The minimum absolute atomic E-state index is 0.171. The van der Waals surface area contributed by atoms with E-state index in [-0.39, 0.29) is 6.10 Å². The third-order valence-electron chi connectivity index (χ3n) is 4.92. The Bertz CT molecular complexity index is 601. The van der Waals surface area contributed by atoms with Gasteiger partial charge in [-0.25, -0.2) is 0 Å². The quantitative estimate of drug-likeness (QED) is 0.611. The molecule has 1 aromatic carbocycles. The molecule has 7 nitrogen and oxygen atoms in total. The topological polar surface area (TPSA) is 63.6 Å². The highest BCUT2D eigenvalue weighted by Gasteiger charge is 2.22. The standard InChI is InChI=1S/C19H31N5O2/c1-3-20-19(21-14-16-15-22(2)12-13-26-16)24-10-8-23(9-11-24)17-6-4-5-7-18(17)25/h4-7,16,25H,3,8-15H2,1-2H3,(H,20,21). The molecule has 1 unspecified atom stereocenters. The number of guanidine groups is 1. The molecule has 1 aromatic rings. The number of nitrogens with one attached hydrogen (secondary N) is 1. The monoisotopic (exact) mass is 361 g/mol. The second-order valence-electron chi connectivity index (χ2n) is 6.91. The lowest BCUT2D eigenvalue weighted by Gasteiger charge is -2.38. The van der Waals surface area contributed by atoms with Crippen molar-refractivity contribution in [3.8, 4) is 5.75 Å². The van der Waals surface area contributed by atoms with Crippen molar-refractivity contribution in [3.63, 3.8) is 0 Å². The van der Waals surface area contributed by atoms with Crippen molar-refractivity contribution < 1.29 is 9.84 Å². The van der Waals surface area contributed by atoms with Gasteiger partial charge in [0.1, 0.15) is 5.75 Å². The normalized spacial score (nSPS) is 22.5. The number of para-hydroxylation sites is 2. The maximum absolute atomic E-state index is 10.1. The van der Waals surface area contributed by atoms with E-state index in [0.717, 1.165) is 64.1 Å². The second kappa shape index (κ2) is 9.09. The fourth-order valence-corrected chi connectivity index (χ4v) is 3.48. The summed E-state index contributed by atoms with van der Waals surface area (Å²) in [4.78, 5) is 11.6. The molecule has 1 atom stereocenters. The lowest BCUT2D eigenvalue weighted by atomic mass is 10.2. The molecule has 144 valence electrons. The molecule has 2 aliphatic rings. The van der Waals surface area contributed by atoms with Gasteiger partial charge in [0.05, 0.1) is 24.9 Å². The van der Waals surface area contributed by atoms with Gasteiger partial charge in [-0.1, -0.05) is 12.1 Å². The first kappa shape index (κ1) is 18.8. The van der Waals surface area contributed by atoms with Crippen LogP contribution in [-0.2, 0) is 4.74 Å².